The molecule has 2 unspecified atom stereocenters. The Morgan fingerprint density at radius 3 is 2.47 bits per heavy atom. The normalized spacial score (nSPS) is 33.2. The highest BCUT2D eigenvalue weighted by atomic mass is 15.3. The lowest BCUT2D eigenvalue weighted by atomic mass is 9.94. The fraction of sp³-hybridized carbons (Fsp3) is 1.00. The van der Waals surface area contributed by atoms with Gasteiger partial charge in [0.25, 0.3) is 0 Å². The number of nitrogens with zero attached hydrogens (tertiary/aromatic N) is 2. The van der Waals surface area contributed by atoms with Crippen molar-refractivity contribution in [2.45, 2.75) is 45.7 Å². The third kappa shape index (κ3) is 3.94. The SMILES string of the molecule is CC1CCNC(CN2CCN(C(C)C)CC2)C1. The summed E-state index contributed by atoms with van der Waals surface area (Å²) in [6, 6.07) is 1.45. The second kappa shape index (κ2) is 6.17. The summed E-state index contributed by atoms with van der Waals surface area (Å²) in [6.45, 7) is 14.5. The molecule has 2 rings (SSSR count). The molecule has 0 bridgehead atoms. The van der Waals surface area contributed by atoms with E-state index < -0.39 is 0 Å². The lowest BCUT2D eigenvalue weighted by molar-refractivity contribution is 0.0953. The molecule has 0 aromatic rings. The number of nitrogens with one attached hydrogen (secondary N) is 1. The summed E-state index contributed by atoms with van der Waals surface area (Å²) in [5.74, 6) is 0.915. The molecule has 2 atom stereocenters. The fourth-order valence-electron chi connectivity index (χ4n) is 3.13. The second-order valence-electron chi connectivity index (χ2n) is 6.21. The molecule has 0 aliphatic carbocycles. The van der Waals surface area contributed by atoms with Crippen molar-refractivity contribution in [1.82, 2.24) is 15.1 Å². The number of rotatable bonds is 3. The molecule has 0 radical (unpaired) electrons. The van der Waals surface area contributed by atoms with Gasteiger partial charge in [-0.05, 0) is 39.2 Å². The first-order chi connectivity index (χ1) is 8.15. The molecular weight excluding hydrogens is 210 g/mol. The van der Waals surface area contributed by atoms with E-state index in [-0.39, 0.29) is 0 Å². The minimum absolute atomic E-state index is 0.713. The van der Waals surface area contributed by atoms with Gasteiger partial charge in [0.15, 0.2) is 0 Å². The van der Waals surface area contributed by atoms with Crippen LogP contribution in [0.4, 0.5) is 0 Å². The maximum absolute atomic E-state index is 3.68. The molecular formula is C14H29N3. The van der Waals surface area contributed by atoms with Gasteiger partial charge in [0, 0.05) is 44.8 Å². The van der Waals surface area contributed by atoms with Crippen molar-refractivity contribution < 1.29 is 0 Å². The van der Waals surface area contributed by atoms with E-state index in [2.05, 4.69) is 35.9 Å². The molecule has 2 aliphatic heterocycles. The van der Waals surface area contributed by atoms with E-state index in [0.29, 0.717) is 6.04 Å². The van der Waals surface area contributed by atoms with Gasteiger partial charge in [0.05, 0.1) is 0 Å². The Bertz CT molecular complexity index is 222. The van der Waals surface area contributed by atoms with Crippen LogP contribution in [-0.4, -0.2) is 61.2 Å². The molecule has 2 aliphatic rings. The molecule has 3 nitrogen and oxygen atoms in total. The first kappa shape index (κ1) is 13.3. The Labute approximate surface area is 107 Å². The second-order valence-corrected chi connectivity index (χ2v) is 6.21. The third-order valence-corrected chi connectivity index (χ3v) is 4.37. The molecule has 17 heavy (non-hydrogen) atoms. The zero-order valence-corrected chi connectivity index (χ0v) is 11.8. The first-order valence-electron chi connectivity index (χ1n) is 7.35. The van der Waals surface area contributed by atoms with Crippen LogP contribution in [0.2, 0.25) is 0 Å². The van der Waals surface area contributed by atoms with Gasteiger partial charge in [-0.1, -0.05) is 6.92 Å². The van der Waals surface area contributed by atoms with Crippen LogP contribution < -0.4 is 5.32 Å². The largest absolute Gasteiger partial charge is 0.313 e. The van der Waals surface area contributed by atoms with Crippen LogP contribution in [0.5, 0.6) is 0 Å². The first-order valence-corrected chi connectivity index (χ1v) is 7.35. The van der Waals surface area contributed by atoms with Gasteiger partial charge < -0.3 is 5.32 Å². The summed E-state index contributed by atoms with van der Waals surface area (Å²) in [6.07, 6.45) is 2.72. The minimum atomic E-state index is 0.713. The Morgan fingerprint density at radius 2 is 1.88 bits per heavy atom. The van der Waals surface area contributed by atoms with Crippen molar-refractivity contribution >= 4 is 0 Å². The molecule has 0 spiro atoms. The van der Waals surface area contributed by atoms with Gasteiger partial charge >= 0.3 is 0 Å². The maximum Gasteiger partial charge on any atom is 0.0197 e. The van der Waals surface area contributed by atoms with Crippen LogP contribution in [0.25, 0.3) is 0 Å². The standard InChI is InChI=1S/C14H29N3/c1-12(2)17-8-6-16(7-9-17)11-14-10-13(3)4-5-15-14/h12-15H,4-11H2,1-3H3. The summed E-state index contributed by atoms with van der Waals surface area (Å²) in [7, 11) is 0. The van der Waals surface area contributed by atoms with E-state index in [1.807, 2.05) is 0 Å². The van der Waals surface area contributed by atoms with Crippen molar-refractivity contribution in [3.63, 3.8) is 0 Å². The van der Waals surface area contributed by atoms with Gasteiger partial charge in [-0.15, -0.1) is 0 Å². The van der Waals surface area contributed by atoms with Crippen LogP contribution >= 0.6 is 0 Å². The molecule has 2 saturated heterocycles. The summed E-state index contributed by atoms with van der Waals surface area (Å²) in [5, 5.41) is 3.68. The summed E-state index contributed by atoms with van der Waals surface area (Å²) in [4.78, 5) is 5.24. The number of hydrogen-bond acceptors (Lipinski definition) is 3. The zero-order chi connectivity index (χ0) is 12.3. The summed E-state index contributed by atoms with van der Waals surface area (Å²) in [5.41, 5.74) is 0. The minimum Gasteiger partial charge on any atom is -0.313 e. The Hall–Kier alpha value is -0.120. The van der Waals surface area contributed by atoms with E-state index in [1.165, 1.54) is 52.1 Å². The molecule has 100 valence electrons. The topological polar surface area (TPSA) is 18.5 Å². The predicted molar refractivity (Wildman–Crippen MR) is 73.3 cm³/mol. The zero-order valence-electron chi connectivity index (χ0n) is 11.8. The van der Waals surface area contributed by atoms with Crippen LogP contribution in [0.15, 0.2) is 0 Å². The van der Waals surface area contributed by atoms with Crippen LogP contribution in [0, 0.1) is 5.92 Å². The lowest BCUT2D eigenvalue weighted by Gasteiger charge is -2.39. The van der Waals surface area contributed by atoms with Crippen LogP contribution in [0.3, 0.4) is 0 Å². The Balaban J connectivity index is 1.70. The van der Waals surface area contributed by atoms with Crippen molar-refractivity contribution in [3.8, 4) is 0 Å². The highest BCUT2D eigenvalue weighted by Gasteiger charge is 2.23. The highest BCUT2D eigenvalue weighted by molar-refractivity contribution is 4.82. The van der Waals surface area contributed by atoms with Gasteiger partial charge in [-0.3, -0.25) is 9.80 Å². The molecule has 0 saturated carbocycles. The molecule has 3 heteroatoms. The molecule has 0 amide bonds. The maximum atomic E-state index is 3.68. The third-order valence-electron chi connectivity index (χ3n) is 4.37. The fourth-order valence-corrected chi connectivity index (χ4v) is 3.13. The van der Waals surface area contributed by atoms with Crippen LogP contribution in [0.1, 0.15) is 33.6 Å². The number of piperazine rings is 1. The highest BCUT2D eigenvalue weighted by Crippen LogP contribution is 2.16. The molecule has 2 heterocycles. The van der Waals surface area contributed by atoms with Gasteiger partial charge in [-0.2, -0.15) is 0 Å². The van der Waals surface area contributed by atoms with Crippen molar-refractivity contribution in [2.75, 3.05) is 39.3 Å². The van der Waals surface area contributed by atoms with E-state index in [9.17, 15) is 0 Å². The van der Waals surface area contributed by atoms with E-state index in [4.69, 9.17) is 0 Å². The van der Waals surface area contributed by atoms with Crippen LogP contribution in [-0.2, 0) is 0 Å². The van der Waals surface area contributed by atoms with E-state index >= 15 is 0 Å². The van der Waals surface area contributed by atoms with Crippen molar-refractivity contribution in [2.24, 2.45) is 5.92 Å². The van der Waals surface area contributed by atoms with Crippen molar-refractivity contribution in [1.29, 1.82) is 0 Å². The van der Waals surface area contributed by atoms with Crippen molar-refractivity contribution in [3.05, 3.63) is 0 Å². The Kier molecular flexibility index (Phi) is 4.83. The Morgan fingerprint density at radius 1 is 1.18 bits per heavy atom. The smallest absolute Gasteiger partial charge is 0.0197 e. The average Bonchev–Trinajstić information content (AvgIpc) is 2.29. The lowest BCUT2D eigenvalue weighted by Crippen LogP contribution is -2.53. The molecule has 2 fully saturated rings. The van der Waals surface area contributed by atoms with Gasteiger partial charge in [0.1, 0.15) is 0 Å². The van der Waals surface area contributed by atoms with E-state index in [0.717, 1.165) is 12.0 Å². The summed E-state index contributed by atoms with van der Waals surface area (Å²) >= 11 is 0. The number of hydrogen-bond donors (Lipinski definition) is 1. The molecule has 0 aromatic heterocycles. The average molecular weight is 239 g/mol. The molecule has 0 aromatic carbocycles. The quantitative estimate of drug-likeness (QED) is 0.803. The van der Waals surface area contributed by atoms with Gasteiger partial charge in [-0.25, -0.2) is 0 Å². The monoisotopic (exact) mass is 239 g/mol. The number of piperidine rings is 1. The molecule has 1 N–H and O–H groups in total. The van der Waals surface area contributed by atoms with Gasteiger partial charge in [0.2, 0.25) is 0 Å². The van der Waals surface area contributed by atoms with E-state index in [1.54, 1.807) is 0 Å². The predicted octanol–water partition coefficient (Wildman–Crippen LogP) is 1.40. The summed E-state index contributed by atoms with van der Waals surface area (Å²) < 4.78 is 0.